The molecule has 2 aromatic rings. The molecule has 42 heavy (non-hydrogen) atoms. The highest BCUT2D eigenvalue weighted by atomic mass is 35.5. The van der Waals surface area contributed by atoms with Crippen molar-refractivity contribution in [1.29, 1.82) is 0 Å². The maximum absolute atomic E-state index is 12.3. The summed E-state index contributed by atoms with van der Waals surface area (Å²) in [7, 11) is 0. The van der Waals surface area contributed by atoms with Crippen LogP contribution in [0.1, 0.15) is 86.0 Å². The Hall–Kier alpha value is -2.22. The number of imidazole rings is 2. The van der Waals surface area contributed by atoms with E-state index in [1.165, 1.54) is 0 Å². The molecule has 0 unspecified atom stereocenters. The van der Waals surface area contributed by atoms with Crippen molar-refractivity contribution in [2.75, 3.05) is 39.3 Å². The Kier molecular flexibility index (Phi) is 14.5. The van der Waals surface area contributed by atoms with E-state index >= 15 is 0 Å². The van der Waals surface area contributed by atoms with E-state index in [4.69, 9.17) is 23.2 Å². The number of H-pyrrole nitrogens is 2. The first-order chi connectivity index (χ1) is 20.3. The lowest BCUT2D eigenvalue weighted by Gasteiger charge is -2.33. The van der Waals surface area contributed by atoms with E-state index < -0.39 is 0 Å². The third kappa shape index (κ3) is 9.92. The second-order valence-corrected chi connectivity index (χ2v) is 11.4. The molecule has 2 fully saturated rings. The highest BCUT2D eigenvalue weighted by Gasteiger charge is 2.28. The van der Waals surface area contributed by atoms with Crippen LogP contribution in [0, 0.1) is 0 Å². The van der Waals surface area contributed by atoms with Crippen molar-refractivity contribution >= 4 is 35.0 Å². The van der Waals surface area contributed by atoms with Crippen LogP contribution in [0.5, 0.6) is 0 Å². The van der Waals surface area contributed by atoms with Crippen molar-refractivity contribution in [3.63, 3.8) is 0 Å². The van der Waals surface area contributed by atoms with Crippen LogP contribution in [-0.4, -0.2) is 95.2 Å². The number of hydrogen-bond acceptors (Lipinski definition) is 8. The van der Waals surface area contributed by atoms with E-state index in [0.29, 0.717) is 22.0 Å². The Morgan fingerprint density at radius 3 is 1.45 bits per heavy atom. The molecule has 2 aromatic heterocycles. The molecule has 2 aliphatic rings. The lowest BCUT2D eigenvalue weighted by Crippen LogP contribution is -2.58. The zero-order valence-corrected chi connectivity index (χ0v) is 26.8. The smallest absolute Gasteiger partial charge is 0.287 e. The van der Waals surface area contributed by atoms with Gasteiger partial charge in [-0.3, -0.25) is 9.59 Å². The van der Waals surface area contributed by atoms with Gasteiger partial charge in [0.2, 0.25) is 0 Å². The summed E-state index contributed by atoms with van der Waals surface area (Å²) in [5.74, 6) is 0.216. The molecular weight excluding hydrogens is 579 g/mol. The van der Waals surface area contributed by atoms with Crippen molar-refractivity contribution < 1.29 is 9.59 Å². The van der Waals surface area contributed by atoms with Gasteiger partial charge < -0.3 is 41.9 Å². The van der Waals surface area contributed by atoms with Crippen LogP contribution < -0.4 is 31.9 Å². The molecule has 0 aromatic carbocycles. The average molecular weight is 628 g/mol. The third-order valence-electron chi connectivity index (χ3n) is 7.50. The SMILES string of the molecule is CCCN[C@H]1CNCC[C@@H]1NC(=O)c1nc(Cl)c(CC)[nH]1.CCCN[C@H]1CNCC[C@H]1NC(=O)c1nc(Cl)c(CC)[nH]1. The predicted octanol–water partition coefficient (Wildman–Crippen LogP) is 2.17. The van der Waals surface area contributed by atoms with E-state index in [2.05, 4.69) is 65.7 Å². The summed E-state index contributed by atoms with van der Waals surface area (Å²) < 4.78 is 0. The average Bonchev–Trinajstić information content (AvgIpc) is 3.58. The standard InChI is InChI=1S/2C14H24ClN5O/c2*1-3-6-17-11-8-16-7-5-10(11)19-14(21)13-18-9(4-2)12(15)20-13/h2*10-11,16-17H,3-8H2,1-2H3,(H,18,20)(H,19,21)/t10-,11+;10-,11-/m10/s1. The first-order valence-corrected chi connectivity index (χ1v) is 16.0. The van der Waals surface area contributed by atoms with Gasteiger partial charge in [0.05, 0.1) is 11.4 Å². The van der Waals surface area contributed by atoms with Crippen LogP contribution in [0.4, 0.5) is 0 Å². The van der Waals surface area contributed by atoms with Gasteiger partial charge >= 0.3 is 0 Å². The molecule has 14 heteroatoms. The van der Waals surface area contributed by atoms with Gasteiger partial charge in [0.25, 0.3) is 11.8 Å². The fourth-order valence-corrected chi connectivity index (χ4v) is 5.62. The molecule has 0 saturated carbocycles. The lowest BCUT2D eigenvalue weighted by atomic mass is 10.0. The second kappa shape index (κ2) is 17.8. The van der Waals surface area contributed by atoms with Gasteiger partial charge in [-0.1, -0.05) is 50.9 Å². The Morgan fingerprint density at radius 2 is 1.12 bits per heavy atom. The number of carbonyl (C=O) groups is 2. The van der Waals surface area contributed by atoms with Crippen LogP contribution in [-0.2, 0) is 12.8 Å². The molecule has 2 saturated heterocycles. The summed E-state index contributed by atoms with van der Waals surface area (Å²) in [5, 5.41) is 20.5. The number of halogens is 2. The number of piperidine rings is 2. The van der Waals surface area contributed by atoms with Gasteiger partial charge in [0.15, 0.2) is 22.0 Å². The topological polar surface area (TPSA) is 164 Å². The Labute approximate surface area is 259 Å². The van der Waals surface area contributed by atoms with Gasteiger partial charge in [-0.15, -0.1) is 0 Å². The minimum atomic E-state index is -0.188. The summed E-state index contributed by atoms with van der Waals surface area (Å²) in [4.78, 5) is 38.8. The van der Waals surface area contributed by atoms with E-state index in [1.54, 1.807) is 0 Å². The van der Waals surface area contributed by atoms with Crippen LogP contribution in [0.25, 0.3) is 0 Å². The minimum absolute atomic E-state index is 0.110. The normalized spacial score (nSPS) is 22.2. The fraction of sp³-hybridized carbons (Fsp3) is 0.714. The first kappa shape index (κ1) is 34.3. The lowest BCUT2D eigenvalue weighted by molar-refractivity contribution is 0.0901. The summed E-state index contributed by atoms with van der Waals surface area (Å²) >= 11 is 12.0. The number of amides is 2. The van der Waals surface area contributed by atoms with E-state index in [1.807, 2.05) is 13.8 Å². The number of aryl methyl sites for hydroxylation is 2. The number of aromatic amines is 2. The molecule has 0 radical (unpaired) electrons. The molecule has 236 valence electrons. The number of hydrogen-bond donors (Lipinski definition) is 8. The molecule has 8 N–H and O–H groups in total. The van der Waals surface area contributed by atoms with Crippen molar-refractivity contribution in [3.05, 3.63) is 33.3 Å². The minimum Gasteiger partial charge on any atom is -0.345 e. The summed E-state index contributed by atoms with van der Waals surface area (Å²) in [6.45, 7) is 13.7. The van der Waals surface area contributed by atoms with Gasteiger partial charge in [0, 0.05) is 37.3 Å². The Balaban J connectivity index is 0.000000230. The monoisotopic (exact) mass is 626 g/mol. The highest BCUT2D eigenvalue weighted by Crippen LogP contribution is 2.15. The molecular formula is C28H48Cl2N10O2. The van der Waals surface area contributed by atoms with Crippen LogP contribution >= 0.6 is 23.2 Å². The molecule has 0 aliphatic carbocycles. The quantitative estimate of drug-likeness (QED) is 0.178. The Bertz CT molecular complexity index is 1040. The number of nitrogens with zero attached hydrogens (tertiary/aromatic N) is 2. The zero-order chi connectivity index (χ0) is 30.5. The number of nitrogens with one attached hydrogen (secondary N) is 8. The molecule has 12 nitrogen and oxygen atoms in total. The number of carbonyl (C=O) groups excluding carboxylic acids is 2. The van der Waals surface area contributed by atoms with Gasteiger partial charge in [-0.05, 0) is 64.7 Å². The molecule has 4 heterocycles. The predicted molar refractivity (Wildman–Crippen MR) is 168 cm³/mol. The van der Waals surface area contributed by atoms with Crippen molar-refractivity contribution in [2.45, 2.75) is 90.4 Å². The van der Waals surface area contributed by atoms with Gasteiger partial charge in [0.1, 0.15) is 0 Å². The molecule has 0 bridgehead atoms. The third-order valence-corrected chi connectivity index (χ3v) is 8.13. The largest absolute Gasteiger partial charge is 0.345 e. The summed E-state index contributed by atoms with van der Waals surface area (Å²) in [6.07, 6.45) is 5.42. The van der Waals surface area contributed by atoms with Crippen molar-refractivity contribution in [2.24, 2.45) is 0 Å². The molecule has 0 spiro atoms. The molecule has 2 amide bonds. The van der Waals surface area contributed by atoms with E-state index in [-0.39, 0.29) is 36.0 Å². The van der Waals surface area contributed by atoms with E-state index in [0.717, 1.165) is 89.2 Å². The highest BCUT2D eigenvalue weighted by molar-refractivity contribution is 6.30. The second-order valence-electron chi connectivity index (χ2n) is 10.7. The maximum Gasteiger partial charge on any atom is 0.287 e. The molecule has 4 atom stereocenters. The fourth-order valence-electron chi connectivity index (χ4n) is 5.08. The van der Waals surface area contributed by atoms with Crippen molar-refractivity contribution in [3.8, 4) is 0 Å². The van der Waals surface area contributed by atoms with Crippen LogP contribution in [0.15, 0.2) is 0 Å². The maximum atomic E-state index is 12.3. The summed E-state index contributed by atoms with van der Waals surface area (Å²) in [6, 6.07) is 0.718. The van der Waals surface area contributed by atoms with Crippen LogP contribution in [0.2, 0.25) is 10.3 Å². The van der Waals surface area contributed by atoms with Gasteiger partial charge in [-0.2, -0.15) is 0 Å². The first-order valence-electron chi connectivity index (χ1n) is 15.3. The van der Waals surface area contributed by atoms with E-state index in [9.17, 15) is 9.59 Å². The van der Waals surface area contributed by atoms with Crippen molar-refractivity contribution in [1.82, 2.24) is 51.8 Å². The number of aromatic nitrogens is 4. The number of rotatable bonds is 12. The summed E-state index contributed by atoms with van der Waals surface area (Å²) in [5.41, 5.74) is 1.60. The molecule has 2 aliphatic heterocycles. The molecule has 4 rings (SSSR count). The Morgan fingerprint density at radius 1 is 0.714 bits per heavy atom. The zero-order valence-electron chi connectivity index (χ0n) is 25.3. The van der Waals surface area contributed by atoms with Gasteiger partial charge in [-0.25, -0.2) is 9.97 Å². The van der Waals surface area contributed by atoms with Crippen LogP contribution in [0.3, 0.4) is 0 Å².